The van der Waals surface area contributed by atoms with Crippen molar-refractivity contribution in [3.05, 3.63) is 70.5 Å². The van der Waals surface area contributed by atoms with Crippen LogP contribution in [0.25, 0.3) is 0 Å². The van der Waals surface area contributed by atoms with Gasteiger partial charge in [0.2, 0.25) is 5.91 Å². The molecule has 132 valence electrons. The standard InChI is InChI=1S/C19H16FN3OS2/c20-14-8-5-12(6-9-14)11-17-22-23-19(26-17)25-16-10-7-13-3-1-2-4-15(13)21-18(16)24/h1-6,8-9,16H,7,10-11H2,(H,21,24). The van der Waals surface area contributed by atoms with Crippen molar-refractivity contribution in [3.8, 4) is 0 Å². The number of hydrogen-bond donors (Lipinski definition) is 1. The SMILES string of the molecule is O=C1Nc2ccccc2CCC1Sc1nnc(Cc2ccc(F)cc2)s1. The zero-order valence-corrected chi connectivity index (χ0v) is 15.4. The summed E-state index contributed by atoms with van der Waals surface area (Å²) in [6.07, 6.45) is 2.23. The lowest BCUT2D eigenvalue weighted by atomic mass is 10.1. The van der Waals surface area contributed by atoms with Gasteiger partial charge in [-0.3, -0.25) is 4.79 Å². The number of amides is 1. The normalized spacial score (nSPS) is 16.7. The van der Waals surface area contributed by atoms with Crippen LogP contribution in [-0.4, -0.2) is 21.4 Å². The monoisotopic (exact) mass is 385 g/mol. The van der Waals surface area contributed by atoms with Crippen LogP contribution in [0.15, 0.2) is 52.9 Å². The number of nitrogens with one attached hydrogen (secondary N) is 1. The largest absolute Gasteiger partial charge is 0.325 e. The van der Waals surface area contributed by atoms with Crippen molar-refractivity contribution in [1.29, 1.82) is 0 Å². The van der Waals surface area contributed by atoms with Gasteiger partial charge in [-0.2, -0.15) is 0 Å². The second-order valence-electron chi connectivity index (χ2n) is 6.06. The molecular weight excluding hydrogens is 369 g/mol. The molecule has 0 radical (unpaired) electrons. The number of hydrogen-bond acceptors (Lipinski definition) is 5. The zero-order chi connectivity index (χ0) is 17.9. The predicted molar refractivity (Wildman–Crippen MR) is 102 cm³/mol. The minimum Gasteiger partial charge on any atom is -0.325 e. The summed E-state index contributed by atoms with van der Waals surface area (Å²) in [6.45, 7) is 0. The van der Waals surface area contributed by atoms with Crippen LogP contribution in [0.4, 0.5) is 10.1 Å². The summed E-state index contributed by atoms with van der Waals surface area (Å²) in [5.41, 5.74) is 3.05. The quantitative estimate of drug-likeness (QED) is 0.727. The van der Waals surface area contributed by atoms with Gasteiger partial charge in [-0.1, -0.05) is 53.4 Å². The summed E-state index contributed by atoms with van der Waals surface area (Å²) >= 11 is 2.95. The fourth-order valence-electron chi connectivity index (χ4n) is 2.86. The van der Waals surface area contributed by atoms with E-state index >= 15 is 0 Å². The van der Waals surface area contributed by atoms with Gasteiger partial charge >= 0.3 is 0 Å². The molecular formula is C19H16FN3OS2. The number of benzene rings is 2. The van der Waals surface area contributed by atoms with E-state index in [-0.39, 0.29) is 17.0 Å². The van der Waals surface area contributed by atoms with Gasteiger partial charge in [-0.15, -0.1) is 10.2 Å². The van der Waals surface area contributed by atoms with E-state index in [0.29, 0.717) is 6.42 Å². The van der Waals surface area contributed by atoms with Crippen LogP contribution in [0.2, 0.25) is 0 Å². The number of thioether (sulfide) groups is 1. The first-order chi connectivity index (χ1) is 12.7. The lowest BCUT2D eigenvalue weighted by Crippen LogP contribution is -2.23. The van der Waals surface area contributed by atoms with E-state index in [1.165, 1.54) is 40.8 Å². The van der Waals surface area contributed by atoms with E-state index in [4.69, 9.17) is 0 Å². The van der Waals surface area contributed by atoms with Crippen LogP contribution in [0.1, 0.15) is 22.6 Å². The first-order valence-electron chi connectivity index (χ1n) is 8.29. The molecule has 0 bridgehead atoms. The van der Waals surface area contributed by atoms with Crippen molar-refractivity contribution in [1.82, 2.24) is 10.2 Å². The van der Waals surface area contributed by atoms with E-state index < -0.39 is 0 Å². The molecule has 1 aliphatic rings. The molecule has 4 nitrogen and oxygen atoms in total. The van der Waals surface area contributed by atoms with E-state index in [1.54, 1.807) is 12.1 Å². The molecule has 0 spiro atoms. The van der Waals surface area contributed by atoms with Gasteiger partial charge < -0.3 is 5.32 Å². The number of aryl methyl sites for hydroxylation is 1. The molecule has 26 heavy (non-hydrogen) atoms. The number of anilines is 1. The first kappa shape index (κ1) is 17.2. The maximum absolute atomic E-state index is 13.0. The Balaban J connectivity index is 1.42. The van der Waals surface area contributed by atoms with Crippen LogP contribution < -0.4 is 5.32 Å². The lowest BCUT2D eigenvalue weighted by molar-refractivity contribution is -0.115. The highest BCUT2D eigenvalue weighted by Gasteiger charge is 2.25. The summed E-state index contributed by atoms with van der Waals surface area (Å²) in [5, 5.41) is 12.1. The van der Waals surface area contributed by atoms with Crippen LogP contribution in [0.3, 0.4) is 0 Å². The third-order valence-corrected chi connectivity index (χ3v) is 6.48. The van der Waals surface area contributed by atoms with Crippen LogP contribution in [0.5, 0.6) is 0 Å². The smallest absolute Gasteiger partial charge is 0.237 e. The van der Waals surface area contributed by atoms with Gasteiger partial charge in [0.05, 0.1) is 5.25 Å². The molecule has 1 aliphatic heterocycles. The second kappa shape index (κ2) is 7.55. The van der Waals surface area contributed by atoms with Gasteiger partial charge in [0.1, 0.15) is 10.8 Å². The van der Waals surface area contributed by atoms with Crippen molar-refractivity contribution in [2.45, 2.75) is 28.9 Å². The van der Waals surface area contributed by atoms with Crippen molar-refractivity contribution in [2.75, 3.05) is 5.32 Å². The highest BCUT2D eigenvalue weighted by atomic mass is 32.2. The van der Waals surface area contributed by atoms with Crippen molar-refractivity contribution in [2.24, 2.45) is 0 Å². The Kier molecular flexibility index (Phi) is 4.99. The topological polar surface area (TPSA) is 54.9 Å². The number of rotatable bonds is 4. The van der Waals surface area contributed by atoms with E-state index in [0.717, 1.165) is 33.4 Å². The molecule has 4 rings (SSSR count). The molecule has 0 saturated heterocycles. The minimum atomic E-state index is -0.248. The summed E-state index contributed by atoms with van der Waals surface area (Å²) in [4.78, 5) is 12.5. The summed E-state index contributed by atoms with van der Waals surface area (Å²) in [7, 11) is 0. The fraction of sp³-hybridized carbons (Fsp3) is 0.211. The number of carbonyl (C=O) groups excluding carboxylic acids is 1. The zero-order valence-electron chi connectivity index (χ0n) is 13.8. The molecule has 0 saturated carbocycles. The molecule has 1 unspecified atom stereocenters. The molecule has 1 amide bonds. The number of para-hydroxylation sites is 1. The van der Waals surface area contributed by atoms with Gasteiger partial charge in [-0.25, -0.2) is 4.39 Å². The van der Waals surface area contributed by atoms with E-state index in [1.807, 2.05) is 18.2 Å². The molecule has 2 aromatic carbocycles. The highest BCUT2D eigenvalue weighted by molar-refractivity contribution is 8.02. The number of nitrogens with zero attached hydrogens (tertiary/aromatic N) is 2. The Bertz CT molecular complexity index is 927. The predicted octanol–water partition coefficient (Wildman–Crippen LogP) is 4.31. The summed E-state index contributed by atoms with van der Waals surface area (Å²) in [6, 6.07) is 14.3. The lowest BCUT2D eigenvalue weighted by Gasteiger charge is -2.10. The third-order valence-electron chi connectivity index (χ3n) is 4.20. The fourth-order valence-corrected chi connectivity index (χ4v) is 5.03. The van der Waals surface area contributed by atoms with Crippen LogP contribution in [0, 0.1) is 5.82 Å². The minimum absolute atomic E-state index is 0.00948. The maximum Gasteiger partial charge on any atom is 0.237 e. The van der Waals surface area contributed by atoms with Gasteiger partial charge in [-0.05, 0) is 42.2 Å². The highest BCUT2D eigenvalue weighted by Crippen LogP contribution is 2.33. The Labute approximate surface area is 158 Å². The number of carbonyl (C=O) groups is 1. The van der Waals surface area contributed by atoms with Crippen molar-refractivity contribution >= 4 is 34.7 Å². The van der Waals surface area contributed by atoms with Crippen molar-refractivity contribution < 1.29 is 9.18 Å². The molecule has 0 aliphatic carbocycles. The molecule has 7 heteroatoms. The average Bonchev–Trinajstić information content (AvgIpc) is 3.01. The Hall–Kier alpha value is -2.25. The van der Waals surface area contributed by atoms with Gasteiger partial charge in [0.25, 0.3) is 0 Å². The number of fused-ring (bicyclic) bond motifs is 1. The molecule has 0 fully saturated rings. The maximum atomic E-state index is 13.0. The Morgan fingerprint density at radius 2 is 1.96 bits per heavy atom. The average molecular weight is 385 g/mol. The van der Waals surface area contributed by atoms with E-state index in [9.17, 15) is 9.18 Å². The van der Waals surface area contributed by atoms with Crippen molar-refractivity contribution in [3.63, 3.8) is 0 Å². The molecule has 1 atom stereocenters. The van der Waals surface area contributed by atoms with Gasteiger partial charge in [0, 0.05) is 12.1 Å². The van der Waals surface area contributed by atoms with Crippen LogP contribution >= 0.6 is 23.1 Å². The van der Waals surface area contributed by atoms with Crippen LogP contribution in [-0.2, 0) is 17.6 Å². The van der Waals surface area contributed by atoms with E-state index in [2.05, 4.69) is 21.6 Å². The molecule has 2 heterocycles. The molecule has 3 aromatic rings. The molecule has 1 aromatic heterocycles. The number of aromatic nitrogens is 2. The summed E-state index contributed by atoms with van der Waals surface area (Å²) < 4.78 is 13.8. The third kappa shape index (κ3) is 3.94. The Morgan fingerprint density at radius 3 is 2.81 bits per heavy atom. The second-order valence-corrected chi connectivity index (χ2v) is 8.57. The Morgan fingerprint density at radius 1 is 1.15 bits per heavy atom. The molecule has 1 N–H and O–H groups in total. The first-order valence-corrected chi connectivity index (χ1v) is 9.99. The summed E-state index contributed by atoms with van der Waals surface area (Å²) in [5.74, 6) is -0.238. The van der Waals surface area contributed by atoms with Gasteiger partial charge in [0.15, 0.2) is 4.34 Å². The number of halogens is 1.